The fourth-order valence-electron chi connectivity index (χ4n) is 1.80. The van der Waals surface area contributed by atoms with Crippen molar-refractivity contribution in [3.05, 3.63) is 0 Å². The molecule has 1 aliphatic heterocycles. The summed E-state index contributed by atoms with van der Waals surface area (Å²) in [6.07, 6.45) is 0.719. The van der Waals surface area contributed by atoms with E-state index in [0.29, 0.717) is 32.7 Å². The van der Waals surface area contributed by atoms with E-state index in [2.05, 4.69) is 15.4 Å². The Labute approximate surface area is 108 Å². The molecule has 1 heterocycles. The molecule has 106 valence electrons. The van der Waals surface area contributed by atoms with Crippen LogP contribution in [0.15, 0.2) is 0 Å². The monoisotopic (exact) mass is 278 g/mol. The van der Waals surface area contributed by atoms with Gasteiger partial charge in [-0.1, -0.05) is 6.92 Å². The van der Waals surface area contributed by atoms with E-state index in [1.54, 1.807) is 0 Å². The smallest absolute Gasteiger partial charge is 0.280 e. The molecule has 0 radical (unpaired) electrons. The average Bonchev–Trinajstić information content (AvgIpc) is 2.37. The number of carbonyl (C=O) groups excluding carboxylic acids is 1. The van der Waals surface area contributed by atoms with Crippen molar-refractivity contribution in [2.24, 2.45) is 0 Å². The van der Waals surface area contributed by atoms with Crippen LogP contribution >= 0.6 is 0 Å². The van der Waals surface area contributed by atoms with Gasteiger partial charge in [0.05, 0.1) is 0 Å². The third-order valence-electron chi connectivity index (χ3n) is 2.69. The van der Waals surface area contributed by atoms with Gasteiger partial charge in [-0.05, 0) is 13.3 Å². The Morgan fingerprint density at radius 2 is 2.17 bits per heavy atom. The van der Waals surface area contributed by atoms with Gasteiger partial charge in [0, 0.05) is 32.7 Å². The van der Waals surface area contributed by atoms with Gasteiger partial charge in [-0.15, -0.1) is 0 Å². The molecule has 1 atom stereocenters. The normalized spacial score (nSPS) is 21.8. The van der Waals surface area contributed by atoms with Crippen molar-refractivity contribution in [2.45, 2.75) is 26.3 Å². The molecular weight excluding hydrogens is 256 g/mol. The number of nitrogens with zero attached hydrogens (tertiary/aromatic N) is 1. The van der Waals surface area contributed by atoms with Gasteiger partial charge in [0.15, 0.2) is 0 Å². The number of rotatable bonds is 6. The molecule has 0 aromatic carbocycles. The first kappa shape index (κ1) is 15.4. The second-order valence-electron chi connectivity index (χ2n) is 4.12. The van der Waals surface area contributed by atoms with Gasteiger partial charge < -0.3 is 10.6 Å². The number of nitrogens with one attached hydrogen (secondary N) is 3. The Balaban J connectivity index is 2.78. The highest BCUT2D eigenvalue weighted by atomic mass is 32.2. The lowest BCUT2D eigenvalue weighted by atomic mass is 10.2. The van der Waals surface area contributed by atoms with Gasteiger partial charge in [0.2, 0.25) is 5.91 Å². The van der Waals surface area contributed by atoms with Crippen LogP contribution in [0.4, 0.5) is 0 Å². The van der Waals surface area contributed by atoms with Crippen LogP contribution in [0.3, 0.4) is 0 Å². The molecule has 0 aromatic rings. The standard InChI is InChI=1S/C10H22N4O3S/c1-3-5-13-18(16,17)14-7-6-11-8-9(14)10(15)12-4-2/h9,11,13H,3-8H2,1-2H3,(H,12,15). The zero-order valence-electron chi connectivity index (χ0n) is 10.9. The Kier molecular flexibility index (Phi) is 6.00. The number of amides is 1. The summed E-state index contributed by atoms with van der Waals surface area (Å²) in [7, 11) is -3.58. The minimum Gasteiger partial charge on any atom is -0.355 e. The highest BCUT2D eigenvalue weighted by molar-refractivity contribution is 7.87. The number of hydrogen-bond acceptors (Lipinski definition) is 4. The molecule has 0 aromatic heterocycles. The molecule has 3 N–H and O–H groups in total. The van der Waals surface area contributed by atoms with Crippen molar-refractivity contribution < 1.29 is 13.2 Å². The number of hydrogen-bond donors (Lipinski definition) is 3. The molecule has 8 heteroatoms. The van der Waals surface area contributed by atoms with Gasteiger partial charge in [0.1, 0.15) is 6.04 Å². The fourth-order valence-corrected chi connectivity index (χ4v) is 3.27. The average molecular weight is 278 g/mol. The Bertz CT molecular complexity index is 371. The van der Waals surface area contributed by atoms with Gasteiger partial charge >= 0.3 is 0 Å². The topological polar surface area (TPSA) is 90.5 Å². The number of piperazine rings is 1. The summed E-state index contributed by atoms with van der Waals surface area (Å²) >= 11 is 0. The quantitative estimate of drug-likeness (QED) is 0.560. The molecule has 18 heavy (non-hydrogen) atoms. The SMILES string of the molecule is CCCNS(=O)(=O)N1CCNCC1C(=O)NCC. The minimum atomic E-state index is -3.58. The lowest BCUT2D eigenvalue weighted by molar-refractivity contribution is -0.125. The fraction of sp³-hybridized carbons (Fsp3) is 0.900. The van der Waals surface area contributed by atoms with Crippen LogP contribution in [0.25, 0.3) is 0 Å². The van der Waals surface area contributed by atoms with Crippen molar-refractivity contribution >= 4 is 16.1 Å². The molecule has 1 aliphatic rings. The Hall–Kier alpha value is -0.700. The summed E-state index contributed by atoms with van der Waals surface area (Å²) in [5, 5.41) is 5.70. The van der Waals surface area contributed by atoms with E-state index in [0.717, 1.165) is 6.42 Å². The van der Waals surface area contributed by atoms with Crippen molar-refractivity contribution in [3.8, 4) is 0 Å². The maximum absolute atomic E-state index is 12.1. The maximum Gasteiger partial charge on any atom is 0.280 e. The van der Waals surface area contributed by atoms with Crippen LogP contribution < -0.4 is 15.4 Å². The first-order valence-corrected chi connectivity index (χ1v) is 7.71. The van der Waals surface area contributed by atoms with Crippen LogP contribution in [0.2, 0.25) is 0 Å². The van der Waals surface area contributed by atoms with E-state index in [1.165, 1.54) is 4.31 Å². The molecule has 1 rings (SSSR count). The van der Waals surface area contributed by atoms with Gasteiger partial charge in [-0.2, -0.15) is 12.7 Å². The van der Waals surface area contributed by atoms with Gasteiger partial charge in [0.25, 0.3) is 10.2 Å². The molecule has 0 spiro atoms. The van der Waals surface area contributed by atoms with E-state index >= 15 is 0 Å². The summed E-state index contributed by atoms with van der Waals surface area (Å²) in [5.74, 6) is -0.258. The summed E-state index contributed by atoms with van der Waals surface area (Å²) in [4.78, 5) is 11.8. The van der Waals surface area contributed by atoms with E-state index in [9.17, 15) is 13.2 Å². The van der Waals surface area contributed by atoms with Crippen molar-refractivity contribution in [3.63, 3.8) is 0 Å². The second kappa shape index (κ2) is 7.03. The third kappa shape index (κ3) is 3.91. The van der Waals surface area contributed by atoms with Crippen molar-refractivity contribution in [1.82, 2.24) is 19.7 Å². The van der Waals surface area contributed by atoms with E-state index in [1.807, 2.05) is 13.8 Å². The van der Waals surface area contributed by atoms with Crippen LogP contribution in [-0.2, 0) is 15.0 Å². The number of carbonyl (C=O) groups is 1. The summed E-state index contributed by atoms with van der Waals surface area (Å²) < 4.78 is 27.9. The Morgan fingerprint density at radius 3 is 2.78 bits per heavy atom. The van der Waals surface area contributed by atoms with Gasteiger partial charge in [-0.3, -0.25) is 4.79 Å². The molecule has 1 fully saturated rings. The first-order valence-electron chi connectivity index (χ1n) is 6.27. The van der Waals surface area contributed by atoms with Crippen LogP contribution in [0, 0.1) is 0 Å². The predicted octanol–water partition coefficient (Wildman–Crippen LogP) is -1.36. The Morgan fingerprint density at radius 1 is 1.44 bits per heavy atom. The van der Waals surface area contributed by atoms with Gasteiger partial charge in [-0.25, -0.2) is 4.72 Å². The van der Waals surface area contributed by atoms with Crippen molar-refractivity contribution in [2.75, 3.05) is 32.7 Å². The van der Waals surface area contributed by atoms with Crippen LogP contribution in [0.1, 0.15) is 20.3 Å². The third-order valence-corrected chi connectivity index (χ3v) is 4.31. The minimum absolute atomic E-state index is 0.258. The summed E-state index contributed by atoms with van der Waals surface area (Å²) in [6, 6.07) is -0.673. The van der Waals surface area contributed by atoms with Crippen molar-refractivity contribution in [1.29, 1.82) is 0 Å². The molecule has 0 saturated carbocycles. The van der Waals surface area contributed by atoms with E-state index in [4.69, 9.17) is 0 Å². The highest BCUT2D eigenvalue weighted by Crippen LogP contribution is 2.08. The lowest BCUT2D eigenvalue weighted by Gasteiger charge is -2.33. The highest BCUT2D eigenvalue weighted by Gasteiger charge is 2.36. The number of likely N-dealkylation sites (N-methyl/N-ethyl adjacent to an activating group) is 1. The maximum atomic E-state index is 12.1. The molecule has 1 unspecified atom stereocenters. The zero-order valence-corrected chi connectivity index (χ0v) is 11.7. The van der Waals surface area contributed by atoms with E-state index in [-0.39, 0.29) is 5.91 Å². The zero-order chi connectivity index (χ0) is 13.6. The molecule has 1 saturated heterocycles. The lowest BCUT2D eigenvalue weighted by Crippen LogP contribution is -2.61. The van der Waals surface area contributed by atoms with Crippen LogP contribution in [0.5, 0.6) is 0 Å². The largest absolute Gasteiger partial charge is 0.355 e. The van der Waals surface area contributed by atoms with E-state index < -0.39 is 16.3 Å². The molecule has 7 nitrogen and oxygen atoms in total. The molecule has 1 amide bonds. The second-order valence-corrected chi connectivity index (χ2v) is 5.83. The summed E-state index contributed by atoms with van der Waals surface area (Å²) in [5.41, 5.74) is 0. The molecule has 0 aliphatic carbocycles. The molecular formula is C10H22N4O3S. The van der Waals surface area contributed by atoms with Crippen LogP contribution in [-0.4, -0.2) is 57.4 Å². The molecule has 0 bridgehead atoms. The predicted molar refractivity (Wildman–Crippen MR) is 69.3 cm³/mol. The first-order chi connectivity index (χ1) is 8.53. The summed E-state index contributed by atoms with van der Waals surface area (Å²) in [6.45, 7) is 5.78.